The van der Waals surface area contributed by atoms with Gasteiger partial charge in [0.05, 0.1) is 27.8 Å². The number of rotatable bonds is 1. The van der Waals surface area contributed by atoms with E-state index in [1.54, 1.807) is 0 Å². The number of nitrogens with two attached hydrogens (primary N) is 6. The minimum Gasteiger partial charge on any atom is -0.399 e. The fraction of sp³-hybridized carbons (Fsp3) is 0. The van der Waals surface area contributed by atoms with Crippen molar-refractivity contribution in [3.63, 3.8) is 0 Å². The average molecular weight is 504 g/mol. The Labute approximate surface area is 217 Å². The van der Waals surface area contributed by atoms with Crippen LogP contribution in [0.2, 0.25) is 0 Å². The minimum atomic E-state index is 0.0318. The van der Waals surface area contributed by atoms with Crippen LogP contribution in [0.5, 0.6) is 0 Å². The van der Waals surface area contributed by atoms with Gasteiger partial charge in [0.25, 0.3) is 6.01 Å². The number of aliphatic imine (C=N–C) groups is 1. The molecule has 4 aromatic carbocycles. The van der Waals surface area contributed by atoms with Crippen molar-refractivity contribution in [3.8, 4) is 0 Å². The lowest BCUT2D eigenvalue weighted by molar-refractivity contribution is -0.103. The predicted octanol–water partition coefficient (Wildman–Crippen LogP) is 2.93. The van der Waals surface area contributed by atoms with Crippen molar-refractivity contribution in [1.29, 1.82) is 5.41 Å². The Balaban J connectivity index is 0.000000162. The second-order valence-electron chi connectivity index (χ2n) is 8.39. The van der Waals surface area contributed by atoms with E-state index in [1.165, 1.54) is 6.01 Å². The summed E-state index contributed by atoms with van der Waals surface area (Å²) in [7, 11) is 0. The maximum atomic E-state index is 5.77. The molecule has 0 spiro atoms. The number of benzene rings is 4. The van der Waals surface area contributed by atoms with Gasteiger partial charge in [-0.05, 0) is 60.7 Å². The van der Waals surface area contributed by atoms with Gasteiger partial charge in [-0.2, -0.15) is 0 Å². The van der Waals surface area contributed by atoms with Gasteiger partial charge in [0.15, 0.2) is 5.96 Å². The summed E-state index contributed by atoms with van der Waals surface area (Å²) < 4.78 is 0. The van der Waals surface area contributed by atoms with Crippen molar-refractivity contribution in [1.82, 2.24) is 9.97 Å². The van der Waals surface area contributed by atoms with E-state index < -0.39 is 0 Å². The second-order valence-corrected chi connectivity index (χ2v) is 8.39. The zero-order valence-corrected chi connectivity index (χ0v) is 20.4. The summed E-state index contributed by atoms with van der Waals surface area (Å²) >= 11 is 0. The lowest BCUT2D eigenvalue weighted by Gasteiger charge is -2.03. The lowest BCUT2D eigenvalue weighted by atomic mass is 10.1. The SMILES string of the molecule is N=C=[NH2+].NC(N)=Nc1ccc2cc3ccc(N)cc3nc2c1.Nc1ccc2cc3ccc(N)cc3nc2c1. The second kappa shape index (κ2) is 10.9. The Bertz CT molecular complexity index is 1790. The Hall–Kier alpha value is -5.73. The fourth-order valence-electron chi connectivity index (χ4n) is 3.90. The molecule has 13 N–H and O–H groups in total. The molecule has 0 atom stereocenters. The molecule has 0 amide bonds. The van der Waals surface area contributed by atoms with Crippen LogP contribution in [0.4, 0.5) is 22.7 Å². The van der Waals surface area contributed by atoms with Gasteiger partial charge in [0.1, 0.15) is 0 Å². The van der Waals surface area contributed by atoms with Crippen LogP contribution in [0.15, 0.2) is 89.9 Å². The molecule has 0 aliphatic carbocycles. The van der Waals surface area contributed by atoms with E-state index in [-0.39, 0.29) is 5.96 Å². The van der Waals surface area contributed by atoms with Gasteiger partial charge < -0.3 is 28.7 Å². The molecule has 10 heteroatoms. The van der Waals surface area contributed by atoms with E-state index >= 15 is 0 Å². The minimum absolute atomic E-state index is 0.0318. The first-order valence-electron chi connectivity index (χ1n) is 11.4. The summed E-state index contributed by atoms with van der Waals surface area (Å²) in [6, 6.07) is 28.4. The highest BCUT2D eigenvalue weighted by molar-refractivity contribution is 5.96. The Morgan fingerprint density at radius 2 is 0.947 bits per heavy atom. The normalized spacial score (nSPS) is 10.2. The smallest absolute Gasteiger partial charge is 0.299 e. The van der Waals surface area contributed by atoms with E-state index in [1.807, 2.05) is 72.8 Å². The van der Waals surface area contributed by atoms with Crippen molar-refractivity contribution in [2.24, 2.45) is 16.5 Å². The number of aromatic nitrogens is 2. The number of pyridine rings is 2. The molecule has 0 saturated carbocycles. The molecule has 0 saturated heterocycles. The van der Waals surface area contributed by atoms with Crippen LogP contribution in [0, 0.1) is 5.41 Å². The molecule has 0 aliphatic rings. The van der Waals surface area contributed by atoms with Gasteiger partial charge >= 0.3 is 0 Å². The molecule has 188 valence electrons. The number of nitrogens with one attached hydrogen (secondary N) is 1. The van der Waals surface area contributed by atoms with Crippen molar-refractivity contribution in [2.75, 3.05) is 17.2 Å². The number of nitrogens with zero attached hydrogens (tertiary/aromatic N) is 3. The zero-order valence-electron chi connectivity index (χ0n) is 20.4. The molecule has 6 rings (SSSR count). The Morgan fingerprint density at radius 1 is 0.605 bits per heavy atom. The molecule has 2 aromatic heterocycles. The highest BCUT2D eigenvalue weighted by atomic mass is 15.0. The molecule has 6 aromatic rings. The highest BCUT2D eigenvalue weighted by Crippen LogP contribution is 2.25. The molecule has 2 heterocycles. The molecule has 0 radical (unpaired) electrons. The molecule has 0 aliphatic heterocycles. The van der Waals surface area contributed by atoms with Gasteiger partial charge in [0, 0.05) is 38.6 Å². The third kappa shape index (κ3) is 5.91. The molecular weight excluding hydrogens is 476 g/mol. The molecule has 10 nitrogen and oxygen atoms in total. The van der Waals surface area contributed by atoms with Crippen molar-refractivity contribution in [2.45, 2.75) is 0 Å². The van der Waals surface area contributed by atoms with E-state index in [9.17, 15) is 0 Å². The van der Waals surface area contributed by atoms with Gasteiger partial charge in [-0.3, -0.25) is 0 Å². The third-order valence-corrected chi connectivity index (χ3v) is 5.54. The van der Waals surface area contributed by atoms with E-state index in [2.05, 4.69) is 32.5 Å². The summed E-state index contributed by atoms with van der Waals surface area (Å²) in [6.45, 7) is 0. The topological polar surface area (TPSA) is 218 Å². The Morgan fingerprint density at radius 3 is 1.32 bits per heavy atom. The van der Waals surface area contributed by atoms with Gasteiger partial charge in [-0.25, -0.2) is 20.4 Å². The van der Waals surface area contributed by atoms with Crippen molar-refractivity contribution in [3.05, 3.63) is 84.9 Å². The monoisotopic (exact) mass is 503 g/mol. The molecule has 0 unspecified atom stereocenters. The van der Waals surface area contributed by atoms with Crippen molar-refractivity contribution >= 4 is 78.3 Å². The zero-order chi connectivity index (χ0) is 27.2. The molecule has 0 bridgehead atoms. The Kier molecular flexibility index (Phi) is 7.28. The maximum Gasteiger partial charge on any atom is 0.299 e. The summed E-state index contributed by atoms with van der Waals surface area (Å²) in [5, 5.41) is 14.3. The van der Waals surface area contributed by atoms with Crippen molar-refractivity contribution < 1.29 is 5.41 Å². The highest BCUT2D eigenvalue weighted by Gasteiger charge is 2.02. The van der Waals surface area contributed by atoms with Gasteiger partial charge in [0.2, 0.25) is 0 Å². The first-order chi connectivity index (χ1) is 18.2. The summed E-state index contributed by atoms with van der Waals surface area (Å²) in [6.07, 6.45) is 0. The van der Waals surface area contributed by atoms with Crippen LogP contribution in [0.3, 0.4) is 0 Å². The first-order valence-corrected chi connectivity index (χ1v) is 11.4. The standard InChI is InChI=1S/C14H13N5.C13H11N3.CH2N2/c15-10-3-1-8-5-9-2-4-11(18-14(16)17)7-13(9)19-12(8)6-10;14-10-3-1-8-5-9-2-4-11(15)7-13(9)16-12(8)6-10;2-1-3/h1-7H,15H2,(H4,16,17,18);1-7H,14-15H2;2-3H/p+1. The summed E-state index contributed by atoms with van der Waals surface area (Å²) in [4.78, 5) is 13.1. The van der Waals surface area contributed by atoms with Crippen LogP contribution in [0.1, 0.15) is 0 Å². The number of nitrogen functional groups attached to an aromatic ring is 3. The molecular formula is C28H27N10+. The molecule has 0 fully saturated rings. The quantitative estimate of drug-likeness (QED) is 0.0769. The summed E-state index contributed by atoms with van der Waals surface area (Å²) in [5.41, 5.74) is 34.3. The number of guanidine groups is 1. The first kappa shape index (κ1) is 25.4. The average Bonchev–Trinajstić information content (AvgIpc) is 2.87. The fourth-order valence-corrected chi connectivity index (χ4v) is 3.90. The number of hydrogen-bond donors (Lipinski definition) is 7. The predicted molar refractivity (Wildman–Crippen MR) is 157 cm³/mol. The van der Waals surface area contributed by atoms with Gasteiger partial charge in [-0.15, -0.1) is 0 Å². The van der Waals surface area contributed by atoms with Crippen LogP contribution in [0.25, 0.3) is 43.6 Å². The lowest BCUT2D eigenvalue weighted by Crippen LogP contribution is -2.24. The van der Waals surface area contributed by atoms with Crippen LogP contribution >= 0.6 is 0 Å². The maximum absolute atomic E-state index is 5.77. The molecule has 38 heavy (non-hydrogen) atoms. The third-order valence-electron chi connectivity index (χ3n) is 5.54. The number of hydrogen-bond acceptors (Lipinski definition) is 7. The number of fused-ring (bicyclic) bond motifs is 4. The van der Waals surface area contributed by atoms with Crippen LogP contribution in [-0.2, 0) is 0 Å². The van der Waals surface area contributed by atoms with Crippen LogP contribution in [-0.4, -0.2) is 21.9 Å². The van der Waals surface area contributed by atoms with E-state index in [0.29, 0.717) is 11.4 Å². The largest absolute Gasteiger partial charge is 0.399 e. The number of anilines is 3. The van der Waals surface area contributed by atoms with Crippen LogP contribution < -0.4 is 34.1 Å². The summed E-state index contributed by atoms with van der Waals surface area (Å²) in [5.74, 6) is 0.0318. The van der Waals surface area contributed by atoms with E-state index in [4.69, 9.17) is 34.1 Å². The van der Waals surface area contributed by atoms with Gasteiger partial charge in [-0.1, -0.05) is 29.7 Å². The van der Waals surface area contributed by atoms with E-state index in [0.717, 1.165) is 55.0 Å².